The quantitative estimate of drug-likeness (QED) is 0.0204. The van der Waals surface area contributed by atoms with E-state index in [9.17, 15) is 45.6 Å². The lowest BCUT2D eigenvalue weighted by molar-refractivity contribution is -0.359. The minimum atomic E-state index is -1.80. The maximum atomic E-state index is 13.3. The first-order chi connectivity index (χ1) is 44.1. The third kappa shape index (κ3) is 43.2. The minimum absolute atomic E-state index is 0.254. The minimum Gasteiger partial charge on any atom is -0.394 e. The Morgan fingerprint density at radius 2 is 0.778 bits per heavy atom. The molecule has 0 aromatic heterocycles. The highest BCUT2D eigenvalue weighted by atomic mass is 16.7. The number of amides is 1. The van der Waals surface area contributed by atoms with Crippen LogP contribution in [0.5, 0.6) is 0 Å². The zero-order chi connectivity index (χ0) is 65.2. The van der Waals surface area contributed by atoms with E-state index in [0.29, 0.717) is 12.8 Å². The number of nitrogens with one attached hydrogen (secondary N) is 1. The Balaban J connectivity index is 1.69. The topological polar surface area (TPSA) is 228 Å². The molecular formula is C76H135NO13. The van der Waals surface area contributed by atoms with Crippen LogP contribution in [-0.2, 0) is 23.7 Å². The Hall–Kier alpha value is -2.83. The lowest BCUT2D eigenvalue weighted by Gasteiger charge is -2.46. The zero-order valence-electron chi connectivity index (χ0n) is 56.9. The van der Waals surface area contributed by atoms with Crippen LogP contribution >= 0.6 is 0 Å². The Kier molecular flexibility index (Phi) is 55.4. The van der Waals surface area contributed by atoms with Gasteiger partial charge in [-0.2, -0.15) is 0 Å². The van der Waals surface area contributed by atoms with E-state index in [2.05, 4.69) is 92.1 Å². The molecule has 12 unspecified atom stereocenters. The highest BCUT2D eigenvalue weighted by Crippen LogP contribution is 2.30. The van der Waals surface area contributed by atoms with Crippen LogP contribution in [0.25, 0.3) is 0 Å². The van der Waals surface area contributed by atoms with Crippen molar-refractivity contribution >= 4 is 5.91 Å². The molecule has 0 saturated carbocycles. The van der Waals surface area contributed by atoms with Crippen molar-refractivity contribution in [3.8, 4) is 0 Å². The van der Waals surface area contributed by atoms with E-state index in [1.807, 2.05) is 6.08 Å². The molecule has 0 aliphatic carbocycles. The number of allylic oxidation sites excluding steroid dienone is 13. The number of aliphatic hydroxyl groups excluding tert-OH is 8. The predicted molar refractivity (Wildman–Crippen MR) is 369 cm³/mol. The van der Waals surface area contributed by atoms with Gasteiger partial charge in [-0.25, -0.2) is 0 Å². The van der Waals surface area contributed by atoms with Gasteiger partial charge in [0.15, 0.2) is 12.6 Å². The number of ether oxygens (including phenoxy) is 4. The summed E-state index contributed by atoms with van der Waals surface area (Å²) in [4.78, 5) is 13.3. The average Bonchev–Trinajstić information content (AvgIpc) is 1.41. The van der Waals surface area contributed by atoms with Crippen molar-refractivity contribution in [1.29, 1.82) is 0 Å². The second-order valence-corrected chi connectivity index (χ2v) is 25.7. The monoisotopic (exact) mass is 1270 g/mol. The molecule has 0 radical (unpaired) electrons. The van der Waals surface area contributed by atoms with Crippen LogP contribution in [-0.4, -0.2) is 140 Å². The van der Waals surface area contributed by atoms with Crippen LogP contribution in [0.2, 0.25) is 0 Å². The summed E-state index contributed by atoms with van der Waals surface area (Å²) >= 11 is 0. The van der Waals surface area contributed by atoms with Gasteiger partial charge in [-0.15, -0.1) is 0 Å². The number of hydrogen-bond acceptors (Lipinski definition) is 13. The lowest BCUT2D eigenvalue weighted by atomic mass is 9.97. The number of rotatable bonds is 60. The van der Waals surface area contributed by atoms with Crippen molar-refractivity contribution < 1.29 is 64.6 Å². The van der Waals surface area contributed by atoms with Crippen molar-refractivity contribution in [3.05, 3.63) is 85.1 Å². The summed E-state index contributed by atoms with van der Waals surface area (Å²) in [5.74, 6) is -0.254. The molecule has 12 atom stereocenters. The summed E-state index contributed by atoms with van der Waals surface area (Å²) in [6.45, 7) is 2.69. The summed E-state index contributed by atoms with van der Waals surface area (Å²) in [5, 5.41) is 87.5. The van der Waals surface area contributed by atoms with Gasteiger partial charge in [-0.3, -0.25) is 4.79 Å². The molecule has 522 valence electrons. The largest absolute Gasteiger partial charge is 0.394 e. The molecule has 0 spiro atoms. The molecule has 0 aromatic carbocycles. The summed E-state index contributed by atoms with van der Waals surface area (Å²) < 4.78 is 22.9. The van der Waals surface area contributed by atoms with Crippen molar-refractivity contribution in [2.75, 3.05) is 19.8 Å². The molecule has 14 nitrogen and oxygen atoms in total. The van der Waals surface area contributed by atoms with Crippen LogP contribution in [0.4, 0.5) is 0 Å². The molecule has 2 aliphatic rings. The van der Waals surface area contributed by atoms with Gasteiger partial charge in [0, 0.05) is 6.42 Å². The second-order valence-electron chi connectivity index (χ2n) is 25.7. The van der Waals surface area contributed by atoms with Crippen LogP contribution in [0.1, 0.15) is 296 Å². The Morgan fingerprint density at radius 1 is 0.411 bits per heavy atom. The maximum absolute atomic E-state index is 13.3. The van der Waals surface area contributed by atoms with Gasteiger partial charge in [0.05, 0.1) is 32.0 Å². The van der Waals surface area contributed by atoms with Gasteiger partial charge < -0.3 is 65.1 Å². The number of carbonyl (C=O) groups is 1. The molecule has 9 N–H and O–H groups in total. The summed E-state index contributed by atoms with van der Waals surface area (Å²) in [7, 11) is 0. The molecule has 2 heterocycles. The first-order valence-corrected chi connectivity index (χ1v) is 36.8. The van der Waals surface area contributed by atoms with Gasteiger partial charge in [-0.1, -0.05) is 292 Å². The average molecular weight is 1270 g/mol. The molecule has 14 heteroatoms. The highest BCUT2D eigenvalue weighted by molar-refractivity contribution is 5.76. The predicted octanol–water partition coefficient (Wildman–Crippen LogP) is 15.6. The lowest BCUT2D eigenvalue weighted by Crippen LogP contribution is -2.65. The first-order valence-electron chi connectivity index (χ1n) is 36.8. The van der Waals surface area contributed by atoms with Gasteiger partial charge >= 0.3 is 0 Å². The molecule has 2 aliphatic heterocycles. The second kappa shape index (κ2) is 59.9. The van der Waals surface area contributed by atoms with E-state index >= 15 is 0 Å². The number of unbranched alkanes of at least 4 members (excludes halogenated alkanes) is 35. The summed E-state index contributed by atoms with van der Waals surface area (Å²) in [6, 6.07) is -0.944. The molecule has 2 saturated heterocycles. The maximum Gasteiger partial charge on any atom is 0.220 e. The first kappa shape index (κ1) is 83.3. The molecular weight excluding hydrogens is 1130 g/mol. The van der Waals surface area contributed by atoms with Crippen LogP contribution in [0.15, 0.2) is 85.1 Å². The van der Waals surface area contributed by atoms with Crippen LogP contribution in [0.3, 0.4) is 0 Å². The van der Waals surface area contributed by atoms with Crippen LogP contribution < -0.4 is 5.32 Å². The van der Waals surface area contributed by atoms with E-state index in [4.69, 9.17) is 18.9 Å². The van der Waals surface area contributed by atoms with E-state index in [1.165, 1.54) is 193 Å². The van der Waals surface area contributed by atoms with E-state index < -0.39 is 86.8 Å². The zero-order valence-corrected chi connectivity index (χ0v) is 56.9. The smallest absolute Gasteiger partial charge is 0.220 e. The van der Waals surface area contributed by atoms with Gasteiger partial charge in [0.2, 0.25) is 5.91 Å². The standard InChI is InChI=1S/C76H135NO13/c1-3-5-7-9-11-13-15-17-19-21-23-25-27-29-31-32-34-35-37-39-41-43-45-47-49-51-53-55-57-59-65(80)64(63-87-75-73(86)71(84)74(67(62-79)89-75)90-76-72(85)70(83)69(82)66(61-78)88-76)77-68(81)60-58-56-54-52-50-48-46-44-42-40-38-36-33-30-28-26-24-22-20-18-16-14-12-10-8-6-4-2/h6,8,12,14,18,20,24,26,41,43,49,51,57,59,64-67,69-76,78-80,82-86H,3-5,7,9-11,13,15-17,19,21-23,25,27-40,42,44-48,50,52-56,58,60-63H2,1-2H3,(H,77,81)/b8-6-,14-12-,20-18-,26-24-,43-41+,51-49+,59-57+. The summed E-state index contributed by atoms with van der Waals surface area (Å²) in [6.07, 6.45) is 66.5. The Labute approximate surface area is 548 Å². The number of hydrogen-bond donors (Lipinski definition) is 9. The van der Waals surface area contributed by atoms with E-state index in [0.717, 1.165) is 70.6 Å². The van der Waals surface area contributed by atoms with Gasteiger partial charge in [0.25, 0.3) is 0 Å². The highest BCUT2D eigenvalue weighted by Gasteiger charge is 2.51. The Morgan fingerprint density at radius 3 is 1.22 bits per heavy atom. The number of carbonyl (C=O) groups excluding carboxylic acids is 1. The normalized spacial score (nSPS) is 23.4. The summed E-state index contributed by atoms with van der Waals surface area (Å²) in [5.41, 5.74) is 0. The molecule has 0 bridgehead atoms. The SMILES string of the molecule is CC/C=C\C/C=C\C/C=C\C/C=C\CCCCCCCCCCCCCCCCC(=O)NC(COC1OC(CO)C(OC2OC(CO)C(O)C(O)C2O)C(O)C1O)C(O)/C=C/CC/C=C/CC/C=C/CCCCCCCCCCCCCCCCCCCCC. The fraction of sp³-hybridized carbons (Fsp3) is 0.803. The molecule has 2 fully saturated rings. The van der Waals surface area contributed by atoms with Gasteiger partial charge in [-0.05, 0) is 83.5 Å². The van der Waals surface area contributed by atoms with E-state index in [-0.39, 0.29) is 18.9 Å². The Bertz CT molecular complexity index is 1830. The van der Waals surface area contributed by atoms with Crippen molar-refractivity contribution in [2.45, 2.75) is 370 Å². The molecule has 0 aromatic rings. The third-order valence-corrected chi connectivity index (χ3v) is 17.5. The van der Waals surface area contributed by atoms with Crippen LogP contribution in [0, 0.1) is 0 Å². The van der Waals surface area contributed by atoms with Crippen molar-refractivity contribution in [1.82, 2.24) is 5.32 Å². The third-order valence-electron chi connectivity index (χ3n) is 17.5. The van der Waals surface area contributed by atoms with Crippen molar-refractivity contribution in [2.24, 2.45) is 0 Å². The van der Waals surface area contributed by atoms with Gasteiger partial charge in [0.1, 0.15) is 48.8 Å². The fourth-order valence-electron chi connectivity index (χ4n) is 11.7. The molecule has 2 rings (SSSR count). The van der Waals surface area contributed by atoms with Crippen molar-refractivity contribution in [3.63, 3.8) is 0 Å². The number of aliphatic hydroxyl groups is 8. The molecule has 90 heavy (non-hydrogen) atoms. The fourth-order valence-corrected chi connectivity index (χ4v) is 11.7. The molecule has 1 amide bonds. The van der Waals surface area contributed by atoms with E-state index in [1.54, 1.807) is 6.08 Å².